The first-order valence-electron chi connectivity index (χ1n) is 7.40. The maximum atomic E-state index is 10.0. The molecule has 0 amide bonds. The van der Waals surface area contributed by atoms with E-state index >= 15 is 0 Å². The Morgan fingerprint density at radius 3 is 2.27 bits per heavy atom. The van der Waals surface area contributed by atoms with E-state index < -0.39 is 42.9 Å². The van der Waals surface area contributed by atoms with Gasteiger partial charge in [-0.2, -0.15) is 0 Å². The Morgan fingerprint density at radius 1 is 1.23 bits per heavy atom. The van der Waals surface area contributed by atoms with Crippen LogP contribution in [0, 0.1) is 5.92 Å². The molecule has 6 unspecified atom stereocenters. The average molecular weight is 316 g/mol. The van der Waals surface area contributed by atoms with E-state index in [1.807, 2.05) is 33.8 Å². The summed E-state index contributed by atoms with van der Waals surface area (Å²) >= 11 is 0. The Morgan fingerprint density at radius 2 is 1.82 bits per heavy atom. The smallest absolute Gasteiger partial charge is 0.187 e. The zero-order valence-electron chi connectivity index (χ0n) is 13.6. The normalized spacial score (nSPS) is 34.1. The number of allylic oxidation sites excluding steroid dienone is 1. The van der Waals surface area contributed by atoms with Gasteiger partial charge in [0.2, 0.25) is 0 Å². The van der Waals surface area contributed by atoms with Crippen LogP contribution >= 0.6 is 0 Å². The summed E-state index contributed by atoms with van der Waals surface area (Å²) in [4.78, 5) is 0. The van der Waals surface area contributed by atoms with Crippen LogP contribution in [0.2, 0.25) is 0 Å². The molecule has 1 rings (SSSR count). The second-order valence-electron chi connectivity index (χ2n) is 6.42. The van der Waals surface area contributed by atoms with Crippen LogP contribution in [-0.2, 0) is 9.47 Å². The second-order valence-corrected chi connectivity index (χ2v) is 6.42. The van der Waals surface area contributed by atoms with E-state index in [2.05, 4.69) is 6.58 Å². The molecule has 1 aliphatic heterocycles. The molecule has 0 aromatic rings. The minimum atomic E-state index is -1.45. The minimum Gasteiger partial charge on any atom is -0.394 e. The summed E-state index contributed by atoms with van der Waals surface area (Å²) in [6, 6.07) is 0. The SMILES string of the molecule is C=CC(C=C(C)C)C(C)(C)OC1OC(CO)C(O)C(O)C1O. The molecule has 1 heterocycles. The minimum absolute atomic E-state index is 0.134. The topological polar surface area (TPSA) is 99.4 Å². The monoisotopic (exact) mass is 316 g/mol. The fraction of sp³-hybridized carbons (Fsp3) is 0.750. The zero-order chi connectivity index (χ0) is 17.1. The summed E-state index contributed by atoms with van der Waals surface area (Å²) < 4.78 is 11.2. The molecule has 6 atom stereocenters. The highest BCUT2D eigenvalue weighted by Crippen LogP contribution is 2.31. The fourth-order valence-electron chi connectivity index (χ4n) is 2.45. The number of hydrogen-bond donors (Lipinski definition) is 4. The van der Waals surface area contributed by atoms with Crippen molar-refractivity contribution >= 4 is 0 Å². The van der Waals surface area contributed by atoms with Crippen LogP contribution in [0.1, 0.15) is 27.7 Å². The van der Waals surface area contributed by atoms with Gasteiger partial charge in [0.15, 0.2) is 6.29 Å². The van der Waals surface area contributed by atoms with Crippen molar-refractivity contribution in [1.82, 2.24) is 0 Å². The summed E-state index contributed by atoms with van der Waals surface area (Å²) in [5, 5.41) is 38.8. The Kier molecular flexibility index (Phi) is 6.73. The molecular formula is C16H28O6. The molecule has 1 fully saturated rings. The molecule has 0 spiro atoms. The molecule has 1 saturated heterocycles. The lowest BCUT2D eigenvalue weighted by atomic mass is 9.88. The van der Waals surface area contributed by atoms with Crippen molar-refractivity contribution < 1.29 is 29.9 Å². The van der Waals surface area contributed by atoms with Crippen LogP contribution in [0.4, 0.5) is 0 Å². The highest BCUT2D eigenvalue weighted by atomic mass is 16.7. The van der Waals surface area contributed by atoms with Crippen molar-refractivity contribution in [2.75, 3.05) is 6.61 Å². The van der Waals surface area contributed by atoms with Crippen molar-refractivity contribution in [2.24, 2.45) is 5.92 Å². The Balaban J connectivity index is 2.90. The van der Waals surface area contributed by atoms with Crippen molar-refractivity contribution in [3.05, 3.63) is 24.3 Å². The standard InChI is InChI=1S/C16H28O6/c1-6-10(7-9(2)3)16(4,5)22-15-14(20)13(19)12(18)11(8-17)21-15/h6-7,10-15,17-20H,1,8H2,2-5H3. The molecule has 4 N–H and O–H groups in total. The molecule has 128 valence electrons. The molecule has 22 heavy (non-hydrogen) atoms. The van der Waals surface area contributed by atoms with E-state index in [1.54, 1.807) is 6.08 Å². The van der Waals surface area contributed by atoms with Crippen molar-refractivity contribution in [3.63, 3.8) is 0 Å². The van der Waals surface area contributed by atoms with Crippen molar-refractivity contribution in [1.29, 1.82) is 0 Å². The van der Waals surface area contributed by atoms with Crippen molar-refractivity contribution in [2.45, 2.75) is 64.0 Å². The van der Waals surface area contributed by atoms with E-state index in [-0.39, 0.29) is 5.92 Å². The predicted octanol–water partition coefficient (Wildman–Crippen LogP) is 0.350. The molecule has 6 nitrogen and oxygen atoms in total. The van der Waals surface area contributed by atoms with Crippen LogP contribution < -0.4 is 0 Å². The van der Waals surface area contributed by atoms with Gasteiger partial charge in [-0.05, 0) is 27.7 Å². The largest absolute Gasteiger partial charge is 0.394 e. The Bertz CT molecular complexity index is 399. The van der Waals surface area contributed by atoms with Gasteiger partial charge in [-0.3, -0.25) is 0 Å². The lowest BCUT2D eigenvalue weighted by Gasteiger charge is -2.43. The van der Waals surface area contributed by atoms with Crippen LogP contribution in [0.15, 0.2) is 24.3 Å². The maximum absolute atomic E-state index is 10.0. The van der Waals surface area contributed by atoms with Gasteiger partial charge in [0.25, 0.3) is 0 Å². The fourth-order valence-corrected chi connectivity index (χ4v) is 2.45. The number of aliphatic hydroxyl groups is 4. The third-order valence-electron chi connectivity index (χ3n) is 3.84. The van der Waals surface area contributed by atoms with E-state index in [4.69, 9.17) is 9.47 Å². The average Bonchev–Trinajstić information content (AvgIpc) is 2.44. The third kappa shape index (κ3) is 4.38. The van der Waals surface area contributed by atoms with Crippen LogP contribution in [0.25, 0.3) is 0 Å². The molecule has 6 heteroatoms. The quantitative estimate of drug-likeness (QED) is 0.528. The van der Waals surface area contributed by atoms with Gasteiger partial charge in [-0.25, -0.2) is 0 Å². The Hall–Kier alpha value is -0.760. The number of ether oxygens (including phenoxy) is 2. The summed E-state index contributed by atoms with van der Waals surface area (Å²) in [5.74, 6) is -0.134. The van der Waals surface area contributed by atoms with Gasteiger partial charge in [-0.15, -0.1) is 6.58 Å². The number of aliphatic hydroxyl groups excluding tert-OH is 4. The van der Waals surface area contributed by atoms with E-state index in [9.17, 15) is 20.4 Å². The van der Waals surface area contributed by atoms with E-state index in [1.165, 1.54) is 0 Å². The first kappa shape index (κ1) is 19.3. The molecular weight excluding hydrogens is 288 g/mol. The lowest BCUT2D eigenvalue weighted by Crippen LogP contribution is -2.60. The summed E-state index contributed by atoms with van der Waals surface area (Å²) in [5.41, 5.74) is 0.336. The van der Waals surface area contributed by atoms with Gasteiger partial charge in [0.05, 0.1) is 12.2 Å². The predicted molar refractivity (Wildman–Crippen MR) is 82.0 cm³/mol. The highest BCUT2D eigenvalue weighted by Gasteiger charge is 2.46. The van der Waals surface area contributed by atoms with Crippen LogP contribution in [0.3, 0.4) is 0 Å². The van der Waals surface area contributed by atoms with Crippen molar-refractivity contribution in [3.8, 4) is 0 Å². The molecule has 0 radical (unpaired) electrons. The van der Waals surface area contributed by atoms with Gasteiger partial charge in [-0.1, -0.05) is 17.7 Å². The number of hydrogen-bond acceptors (Lipinski definition) is 6. The van der Waals surface area contributed by atoms with Gasteiger partial charge >= 0.3 is 0 Å². The molecule has 0 aromatic heterocycles. The number of rotatable bonds is 6. The molecule has 0 saturated carbocycles. The van der Waals surface area contributed by atoms with Crippen LogP contribution in [-0.4, -0.2) is 63.3 Å². The first-order chi connectivity index (χ1) is 10.1. The second kappa shape index (κ2) is 7.68. The van der Waals surface area contributed by atoms with Gasteiger partial charge in [0.1, 0.15) is 24.4 Å². The van der Waals surface area contributed by atoms with Gasteiger partial charge < -0.3 is 29.9 Å². The molecule has 0 bridgehead atoms. The highest BCUT2D eigenvalue weighted by molar-refractivity contribution is 5.09. The van der Waals surface area contributed by atoms with Crippen LogP contribution in [0.5, 0.6) is 0 Å². The summed E-state index contributed by atoms with van der Waals surface area (Å²) in [6.45, 7) is 10.9. The summed E-state index contributed by atoms with van der Waals surface area (Å²) in [6.07, 6.45) is -2.67. The zero-order valence-corrected chi connectivity index (χ0v) is 13.6. The maximum Gasteiger partial charge on any atom is 0.187 e. The third-order valence-corrected chi connectivity index (χ3v) is 3.84. The molecule has 1 aliphatic rings. The van der Waals surface area contributed by atoms with Gasteiger partial charge in [0, 0.05) is 5.92 Å². The summed E-state index contributed by atoms with van der Waals surface area (Å²) in [7, 11) is 0. The molecule has 0 aromatic carbocycles. The molecule has 0 aliphatic carbocycles. The first-order valence-corrected chi connectivity index (χ1v) is 7.40. The lowest BCUT2D eigenvalue weighted by molar-refractivity contribution is -0.325. The van der Waals surface area contributed by atoms with E-state index in [0.29, 0.717) is 0 Å². The van der Waals surface area contributed by atoms with E-state index in [0.717, 1.165) is 5.57 Å². The Labute approximate surface area is 131 Å².